The van der Waals surface area contributed by atoms with Gasteiger partial charge in [0.1, 0.15) is 5.75 Å². The number of nitrogens with two attached hydrogens (primary N) is 1. The third-order valence-corrected chi connectivity index (χ3v) is 3.77. The largest absolute Gasteiger partial charge is 0.496 e. The lowest BCUT2D eigenvalue weighted by Crippen LogP contribution is -2.40. The number of hydrogen-bond acceptors (Lipinski definition) is 4. The molecule has 1 heterocycles. The van der Waals surface area contributed by atoms with Gasteiger partial charge in [-0.2, -0.15) is 0 Å². The van der Waals surface area contributed by atoms with Crippen molar-refractivity contribution in [2.45, 2.75) is 31.9 Å². The van der Waals surface area contributed by atoms with Crippen molar-refractivity contribution in [1.82, 2.24) is 0 Å². The van der Waals surface area contributed by atoms with E-state index >= 15 is 0 Å². The molecule has 1 fully saturated rings. The predicted molar refractivity (Wildman–Crippen MR) is 77.8 cm³/mol. The van der Waals surface area contributed by atoms with E-state index in [-0.39, 0.29) is 6.04 Å². The van der Waals surface area contributed by atoms with Gasteiger partial charge in [0.2, 0.25) is 0 Å². The van der Waals surface area contributed by atoms with Crippen molar-refractivity contribution in [3.63, 3.8) is 0 Å². The van der Waals surface area contributed by atoms with Crippen LogP contribution in [0.1, 0.15) is 31.4 Å². The maximum absolute atomic E-state index is 6.13. The maximum Gasteiger partial charge on any atom is 0.125 e. The summed E-state index contributed by atoms with van der Waals surface area (Å²) in [7, 11) is 3.48. The first-order valence-electron chi connectivity index (χ1n) is 6.87. The molecule has 0 saturated carbocycles. The average Bonchev–Trinajstić information content (AvgIpc) is 2.46. The molecule has 106 valence electrons. The Morgan fingerprint density at radius 2 is 2.16 bits per heavy atom. The summed E-state index contributed by atoms with van der Waals surface area (Å²) >= 11 is 0. The molecule has 1 saturated heterocycles. The minimum absolute atomic E-state index is 0.0472. The Bertz CT molecular complexity index is 421. The molecule has 19 heavy (non-hydrogen) atoms. The topological polar surface area (TPSA) is 47.7 Å². The van der Waals surface area contributed by atoms with Crippen LogP contribution in [0.4, 0.5) is 5.69 Å². The predicted octanol–water partition coefficient (Wildman–Crippen LogP) is 2.33. The lowest BCUT2D eigenvalue weighted by atomic mass is 10.0. The van der Waals surface area contributed by atoms with Gasteiger partial charge in [-0.05, 0) is 31.9 Å². The zero-order valence-corrected chi connectivity index (χ0v) is 12.1. The van der Waals surface area contributed by atoms with Crippen LogP contribution >= 0.6 is 0 Å². The molecule has 0 aromatic heterocycles. The number of rotatable bonds is 4. The number of piperidine rings is 1. The highest BCUT2D eigenvalue weighted by Crippen LogP contribution is 2.35. The molecule has 0 amide bonds. The number of methoxy groups -OCH3 is 2. The van der Waals surface area contributed by atoms with E-state index in [0.29, 0.717) is 6.10 Å². The molecule has 4 nitrogen and oxygen atoms in total. The fraction of sp³-hybridized carbons (Fsp3) is 0.600. The van der Waals surface area contributed by atoms with Crippen LogP contribution in [0.3, 0.4) is 0 Å². The zero-order valence-electron chi connectivity index (χ0n) is 12.1. The summed E-state index contributed by atoms with van der Waals surface area (Å²) in [4.78, 5) is 2.36. The van der Waals surface area contributed by atoms with Crippen molar-refractivity contribution in [1.29, 1.82) is 0 Å². The fourth-order valence-corrected chi connectivity index (χ4v) is 2.79. The lowest BCUT2D eigenvalue weighted by Gasteiger charge is -2.35. The minimum Gasteiger partial charge on any atom is -0.496 e. The molecule has 2 unspecified atom stereocenters. The molecular formula is C15H24N2O2. The number of nitrogens with zero attached hydrogens (tertiary/aromatic N) is 1. The number of benzene rings is 1. The van der Waals surface area contributed by atoms with E-state index in [2.05, 4.69) is 11.0 Å². The lowest BCUT2D eigenvalue weighted by molar-refractivity contribution is 0.0893. The Hall–Kier alpha value is -1.26. The van der Waals surface area contributed by atoms with Gasteiger partial charge in [0, 0.05) is 37.5 Å². The first-order chi connectivity index (χ1) is 9.17. The van der Waals surface area contributed by atoms with Gasteiger partial charge in [-0.3, -0.25) is 0 Å². The second-order valence-electron chi connectivity index (χ2n) is 5.13. The van der Waals surface area contributed by atoms with E-state index in [1.807, 2.05) is 19.1 Å². The second-order valence-corrected chi connectivity index (χ2v) is 5.13. The summed E-state index contributed by atoms with van der Waals surface area (Å²) in [6.07, 6.45) is 2.58. The van der Waals surface area contributed by atoms with Gasteiger partial charge < -0.3 is 20.1 Å². The summed E-state index contributed by atoms with van der Waals surface area (Å²) in [5, 5.41) is 0. The molecule has 1 aliphatic rings. The first-order valence-corrected chi connectivity index (χ1v) is 6.87. The Morgan fingerprint density at radius 1 is 1.37 bits per heavy atom. The molecule has 2 atom stereocenters. The van der Waals surface area contributed by atoms with Crippen LogP contribution in [0, 0.1) is 0 Å². The van der Waals surface area contributed by atoms with E-state index in [1.165, 1.54) is 5.69 Å². The van der Waals surface area contributed by atoms with E-state index in [1.54, 1.807) is 14.2 Å². The van der Waals surface area contributed by atoms with E-state index in [0.717, 1.165) is 37.2 Å². The van der Waals surface area contributed by atoms with Gasteiger partial charge >= 0.3 is 0 Å². The summed E-state index contributed by atoms with van der Waals surface area (Å²) in [6, 6.07) is 6.07. The molecule has 0 radical (unpaired) electrons. The minimum atomic E-state index is -0.0472. The van der Waals surface area contributed by atoms with Crippen LogP contribution in [0.2, 0.25) is 0 Å². The third kappa shape index (κ3) is 3.01. The van der Waals surface area contributed by atoms with Crippen molar-refractivity contribution in [3.05, 3.63) is 23.8 Å². The summed E-state index contributed by atoms with van der Waals surface area (Å²) < 4.78 is 10.9. The second kappa shape index (κ2) is 6.26. The standard InChI is InChI=1S/C15H24N2O2/c1-11(16)15-13(7-4-8-14(15)19-3)17-9-5-6-12(10-17)18-2/h4,7-8,11-12H,5-6,9-10,16H2,1-3H3. The van der Waals surface area contributed by atoms with Crippen LogP contribution < -0.4 is 15.4 Å². The van der Waals surface area contributed by atoms with Crippen molar-refractivity contribution in [3.8, 4) is 5.75 Å². The molecule has 1 aromatic carbocycles. The molecule has 4 heteroatoms. The van der Waals surface area contributed by atoms with Gasteiger partial charge in [0.15, 0.2) is 0 Å². The number of hydrogen-bond donors (Lipinski definition) is 1. The SMILES string of the molecule is COc1cccc(N2CCCC(OC)C2)c1C(C)N. The Labute approximate surface area is 115 Å². The van der Waals surface area contributed by atoms with Gasteiger partial charge in [-0.15, -0.1) is 0 Å². The summed E-state index contributed by atoms with van der Waals surface area (Å²) in [5.74, 6) is 0.868. The van der Waals surface area contributed by atoms with Crippen LogP contribution in [-0.4, -0.2) is 33.4 Å². The molecule has 0 aliphatic carbocycles. The molecule has 1 aliphatic heterocycles. The van der Waals surface area contributed by atoms with E-state index in [4.69, 9.17) is 15.2 Å². The van der Waals surface area contributed by atoms with Crippen molar-refractivity contribution in [2.24, 2.45) is 5.73 Å². The van der Waals surface area contributed by atoms with E-state index in [9.17, 15) is 0 Å². The Morgan fingerprint density at radius 3 is 2.79 bits per heavy atom. The highest BCUT2D eigenvalue weighted by atomic mass is 16.5. The van der Waals surface area contributed by atoms with Gasteiger partial charge in [0.05, 0.1) is 13.2 Å². The van der Waals surface area contributed by atoms with Crippen molar-refractivity contribution in [2.75, 3.05) is 32.2 Å². The first kappa shape index (κ1) is 14.2. The van der Waals surface area contributed by atoms with Crippen LogP contribution in [-0.2, 0) is 4.74 Å². The van der Waals surface area contributed by atoms with Crippen LogP contribution in [0.5, 0.6) is 5.75 Å². The molecular weight excluding hydrogens is 240 g/mol. The monoisotopic (exact) mass is 264 g/mol. The van der Waals surface area contributed by atoms with Gasteiger partial charge in [-0.1, -0.05) is 6.07 Å². The number of anilines is 1. The molecule has 0 bridgehead atoms. The zero-order chi connectivity index (χ0) is 13.8. The smallest absolute Gasteiger partial charge is 0.125 e. The third-order valence-electron chi connectivity index (χ3n) is 3.77. The maximum atomic E-state index is 6.13. The summed E-state index contributed by atoms with van der Waals surface area (Å²) in [5.41, 5.74) is 8.39. The molecule has 1 aromatic rings. The number of ether oxygens (including phenoxy) is 2. The van der Waals surface area contributed by atoms with Crippen LogP contribution in [0.15, 0.2) is 18.2 Å². The Balaban J connectivity index is 2.33. The normalized spacial score (nSPS) is 21.3. The Kier molecular flexibility index (Phi) is 4.66. The quantitative estimate of drug-likeness (QED) is 0.906. The molecule has 2 rings (SSSR count). The molecule has 2 N–H and O–H groups in total. The van der Waals surface area contributed by atoms with Crippen LogP contribution in [0.25, 0.3) is 0 Å². The summed E-state index contributed by atoms with van der Waals surface area (Å²) in [6.45, 7) is 3.97. The van der Waals surface area contributed by atoms with Gasteiger partial charge in [0.25, 0.3) is 0 Å². The molecule has 0 spiro atoms. The average molecular weight is 264 g/mol. The van der Waals surface area contributed by atoms with Crippen molar-refractivity contribution >= 4 is 5.69 Å². The fourth-order valence-electron chi connectivity index (χ4n) is 2.79. The van der Waals surface area contributed by atoms with Gasteiger partial charge in [-0.25, -0.2) is 0 Å². The highest BCUT2D eigenvalue weighted by Gasteiger charge is 2.23. The van der Waals surface area contributed by atoms with E-state index < -0.39 is 0 Å². The highest BCUT2D eigenvalue weighted by molar-refractivity contribution is 5.61. The van der Waals surface area contributed by atoms with Crippen molar-refractivity contribution < 1.29 is 9.47 Å².